The highest BCUT2D eigenvalue weighted by Gasteiger charge is 2.34. The maximum Gasteiger partial charge on any atom is 0.281 e. The Morgan fingerprint density at radius 1 is 1.00 bits per heavy atom. The highest BCUT2D eigenvalue weighted by molar-refractivity contribution is 6.54. The molecule has 148 valence electrons. The molecule has 0 unspecified atom stereocenters. The molecule has 1 aliphatic heterocycles. The van der Waals surface area contributed by atoms with Crippen molar-refractivity contribution in [2.45, 2.75) is 6.54 Å². The summed E-state index contributed by atoms with van der Waals surface area (Å²) in [6, 6.07) is 24.2. The molecule has 0 atom stereocenters. The van der Waals surface area contributed by atoms with Crippen LogP contribution in [0.3, 0.4) is 0 Å². The van der Waals surface area contributed by atoms with Crippen LogP contribution in [-0.4, -0.2) is 22.7 Å². The van der Waals surface area contributed by atoms with E-state index in [1.54, 1.807) is 29.2 Å². The number of amides is 2. The maximum absolute atomic E-state index is 12.7. The summed E-state index contributed by atoms with van der Waals surface area (Å²) in [4.78, 5) is 26.5. The third-order valence-electron chi connectivity index (χ3n) is 4.77. The summed E-state index contributed by atoms with van der Waals surface area (Å²) in [5.74, 6) is -0.685. The first-order chi connectivity index (χ1) is 14.7. The molecule has 0 bridgehead atoms. The molecule has 30 heavy (non-hydrogen) atoms. The standard InChI is InChI=1S/C24H19N3O3/c28-22(14-11-17-7-3-1-4-8-17)25-19-12-13-21-20(15-19)23(26-30)24(29)27(21)16-18-9-5-2-6-10-18/h1-15,30H,16H2,(H,25,28)/b14-11+,26-23-. The molecule has 2 amide bonds. The number of benzene rings is 3. The summed E-state index contributed by atoms with van der Waals surface area (Å²) in [5, 5.41) is 15.4. The Morgan fingerprint density at radius 2 is 1.70 bits per heavy atom. The number of rotatable bonds is 5. The number of hydrogen-bond acceptors (Lipinski definition) is 4. The lowest BCUT2D eigenvalue weighted by Gasteiger charge is -2.17. The Balaban J connectivity index is 1.55. The van der Waals surface area contributed by atoms with Crippen molar-refractivity contribution in [2.75, 3.05) is 10.2 Å². The van der Waals surface area contributed by atoms with Crippen LogP contribution in [0, 0.1) is 0 Å². The predicted molar refractivity (Wildman–Crippen MR) is 117 cm³/mol. The van der Waals surface area contributed by atoms with Gasteiger partial charge in [0.2, 0.25) is 5.91 Å². The van der Waals surface area contributed by atoms with Gasteiger partial charge in [0.15, 0.2) is 5.71 Å². The lowest BCUT2D eigenvalue weighted by molar-refractivity contribution is -0.113. The first kappa shape index (κ1) is 19.1. The van der Waals surface area contributed by atoms with Crippen molar-refractivity contribution >= 4 is 35.0 Å². The maximum atomic E-state index is 12.7. The van der Waals surface area contributed by atoms with E-state index in [0.29, 0.717) is 23.5 Å². The lowest BCUT2D eigenvalue weighted by Crippen LogP contribution is -2.29. The molecule has 0 aromatic heterocycles. The zero-order chi connectivity index (χ0) is 20.9. The Morgan fingerprint density at radius 3 is 2.40 bits per heavy atom. The van der Waals surface area contributed by atoms with E-state index in [0.717, 1.165) is 11.1 Å². The average molecular weight is 397 g/mol. The minimum atomic E-state index is -0.385. The van der Waals surface area contributed by atoms with E-state index < -0.39 is 0 Å². The zero-order valence-electron chi connectivity index (χ0n) is 16.0. The predicted octanol–water partition coefficient (Wildman–Crippen LogP) is 4.06. The minimum absolute atomic E-state index is 0.0446. The minimum Gasteiger partial charge on any atom is -0.410 e. The zero-order valence-corrected chi connectivity index (χ0v) is 16.0. The molecule has 6 heteroatoms. The molecule has 0 radical (unpaired) electrons. The molecular formula is C24H19N3O3. The van der Waals surface area contributed by atoms with Crippen LogP contribution in [0.1, 0.15) is 16.7 Å². The monoisotopic (exact) mass is 397 g/mol. The summed E-state index contributed by atoms with van der Waals surface area (Å²) in [5.41, 5.74) is 3.44. The summed E-state index contributed by atoms with van der Waals surface area (Å²) in [7, 11) is 0. The highest BCUT2D eigenvalue weighted by atomic mass is 16.4. The number of anilines is 2. The van der Waals surface area contributed by atoms with Crippen molar-refractivity contribution < 1.29 is 14.8 Å². The molecule has 4 rings (SSSR count). The lowest BCUT2D eigenvalue weighted by atomic mass is 10.1. The molecule has 0 aliphatic carbocycles. The van der Waals surface area contributed by atoms with Gasteiger partial charge in [0.05, 0.1) is 12.2 Å². The third kappa shape index (κ3) is 3.98. The third-order valence-corrected chi connectivity index (χ3v) is 4.77. The fourth-order valence-corrected chi connectivity index (χ4v) is 3.33. The molecule has 2 N–H and O–H groups in total. The molecule has 0 saturated carbocycles. The first-order valence-corrected chi connectivity index (χ1v) is 9.42. The van der Waals surface area contributed by atoms with Crippen molar-refractivity contribution in [2.24, 2.45) is 5.16 Å². The van der Waals surface area contributed by atoms with Crippen LogP contribution in [0.15, 0.2) is 90.1 Å². The summed E-state index contributed by atoms with van der Waals surface area (Å²) in [6.07, 6.45) is 3.16. The molecule has 1 aliphatic rings. The smallest absolute Gasteiger partial charge is 0.281 e. The fraction of sp³-hybridized carbons (Fsp3) is 0.0417. The van der Waals surface area contributed by atoms with Gasteiger partial charge in [-0.1, -0.05) is 65.8 Å². The number of nitrogens with one attached hydrogen (secondary N) is 1. The SMILES string of the molecule is O=C(/C=C/c1ccccc1)Nc1ccc2c(c1)/C(=N/O)C(=O)N2Cc1ccccc1. The van der Waals surface area contributed by atoms with Gasteiger partial charge in [-0.2, -0.15) is 0 Å². The quantitative estimate of drug-likeness (QED) is 0.387. The Bertz CT molecular complexity index is 1140. The second kappa shape index (κ2) is 8.45. The van der Waals surface area contributed by atoms with Gasteiger partial charge in [0.1, 0.15) is 0 Å². The molecule has 6 nitrogen and oxygen atoms in total. The Hall–Kier alpha value is -4.19. The van der Waals surface area contributed by atoms with Crippen LogP contribution < -0.4 is 10.2 Å². The van der Waals surface area contributed by atoms with E-state index in [1.807, 2.05) is 60.7 Å². The second-order valence-electron chi connectivity index (χ2n) is 6.79. The molecule has 1 heterocycles. The number of carbonyl (C=O) groups excluding carboxylic acids is 2. The Labute approximate surface area is 173 Å². The van der Waals surface area contributed by atoms with Crippen LogP contribution >= 0.6 is 0 Å². The number of carbonyl (C=O) groups is 2. The van der Waals surface area contributed by atoms with Gasteiger partial charge in [0.25, 0.3) is 5.91 Å². The molecule has 3 aromatic rings. The van der Waals surface area contributed by atoms with Crippen molar-refractivity contribution in [3.05, 3.63) is 102 Å². The first-order valence-electron chi connectivity index (χ1n) is 9.42. The van der Waals surface area contributed by atoms with Crippen LogP contribution in [-0.2, 0) is 16.1 Å². The van der Waals surface area contributed by atoms with Crippen molar-refractivity contribution in [3.63, 3.8) is 0 Å². The average Bonchev–Trinajstić information content (AvgIpc) is 3.04. The van der Waals surface area contributed by atoms with Crippen molar-refractivity contribution in [1.29, 1.82) is 0 Å². The molecule has 0 spiro atoms. The second-order valence-corrected chi connectivity index (χ2v) is 6.79. The van der Waals surface area contributed by atoms with Gasteiger partial charge in [0, 0.05) is 17.3 Å². The van der Waals surface area contributed by atoms with Gasteiger partial charge < -0.3 is 15.4 Å². The molecule has 3 aromatic carbocycles. The van der Waals surface area contributed by atoms with E-state index in [9.17, 15) is 14.8 Å². The normalized spacial score (nSPS) is 14.3. The van der Waals surface area contributed by atoms with E-state index in [-0.39, 0.29) is 17.5 Å². The van der Waals surface area contributed by atoms with Gasteiger partial charge in [-0.05, 0) is 35.4 Å². The summed E-state index contributed by atoms with van der Waals surface area (Å²) < 4.78 is 0. The number of fused-ring (bicyclic) bond motifs is 1. The van der Waals surface area contributed by atoms with Crippen LogP contribution in [0.4, 0.5) is 11.4 Å². The van der Waals surface area contributed by atoms with E-state index in [4.69, 9.17) is 0 Å². The van der Waals surface area contributed by atoms with E-state index in [1.165, 1.54) is 6.08 Å². The molecule has 0 fully saturated rings. The summed E-state index contributed by atoms with van der Waals surface area (Å²) >= 11 is 0. The van der Waals surface area contributed by atoms with Gasteiger partial charge in [-0.3, -0.25) is 9.59 Å². The van der Waals surface area contributed by atoms with Crippen molar-refractivity contribution in [3.8, 4) is 0 Å². The van der Waals surface area contributed by atoms with Gasteiger partial charge in [-0.15, -0.1) is 0 Å². The molecule has 0 saturated heterocycles. The fourth-order valence-electron chi connectivity index (χ4n) is 3.33. The number of hydrogen-bond donors (Lipinski definition) is 2. The van der Waals surface area contributed by atoms with E-state index >= 15 is 0 Å². The number of oxime groups is 1. The highest BCUT2D eigenvalue weighted by Crippen LogP contribution is 2.33. The van der Waals surface area contributed by atoms with Gasteiger partial charge >= 0.3 is 0 Å². The van der Waals surface area contributed by atoms with Crippen LogP contribution in [0.25, 0.3) is 6.08 Å². The van der Waals surface area contributed by atoms with Gasteiger partial charge in [-0.25, -0.2) is 0 Å². The van der Waals surface area contributed by atoms with Crippen LogP contribution in [0.5, 0.6) is 0 Å². The van der Waals surface area contributed by atoms with Crippen molar-refractivity contribution in [1.82, 2.24) is 0 Å². The van der Waals surface area contributed by atoms with Crippen LogP contribution in [0.2, 0.25) is 0 Å². The summed E-state index contributed by atoms with van der Waals surface area (Å²) in [6.45, 7) is 0.358. The number of nitrogens with zero attached hydrogens (tertiary/aromatic N) is 2. The topological polar surface area (TPSA) is 82.0 Å². The largest absolute Gasteiger partial charge is 0.410 e. The molecular weight excluding hydrogens is 378 g/mol. The Kier molecular flexibility index (Phi) is 5.39. The van der Waals surface area contributed by atoms with E-state index in [2.05, 4.69) is 10.5 Å².